The van der Waals surface area contributed by atoms with Crippen LogP contribution >= 0.6 is 11.3 Å². The lowest BCUT2D eigenvalue weighted by Crippen LogP contribution is -1.75. The summed E-state index contributed by atoms with van der Waals surface area (Å²) < 4.78 is 0. The van der Waals surface area contributed by atoms with Crippen molar-refractivity contribution in [3.63, 3.8) is 0 Å². The molecule has 0 saturated heterocycles. The fourth-order valence-electron chi connectivity index (χ4n) is 0.415. The van der Waals surface area contributed by atoms with Gasteiger partial charge in [-0.1, -0.05) is 11.3 Å². The van der Waals surface area contributed by atoms with E-state index in [9.17, 15) is 0 Å². The molecule has 44 valence electrons. The average molecular weight is 130 g/mol. The molecule has 1 aromatic heterocycles. The van der Waals surface area contributed by atoms with Gasteiger partial charge in [0.05, 0.1) is 5.00 Å². The normalized spacial score (nSPS) is 9.50. The molecule has 1 heterocycles. The number of anilines is 2. The van der Waals surface area contributed by atoms with Crippen molar-refractivity contribution in [2.24, 2.45) is 0 Å². The first kappa shape index (κ1) is 5.24. The van der Waals surface area contributed by atoms with E-state index >= 15 is 0 Å². The highest BCUT2D eigenvalue weighted by atomic mass is 32.1. The summed E-state index contributed by atoms with van der Waals surface area (Å²) in [6.45, 7) is 0. The minimum absolute atomic E-state index is 0.0764. The molecule has 0 spiro atoms. The topological polar surface area (TPSA) is 72.3 Å². The standard InChI is InChI=1S/C4H6N2OS/c5-3-1-2(7)4(6)8-3/h1,7H,5-6H2. The Kier molecular flexibility index (Phi) is 1.02. The first-order valence-corrected chi connectivity index (χ1v) is 2.85. The highest BCUT2D eigenvalue weighted by Crippen LogP contribution is 2.31. The number of hydrogen-bond acceptors (Lipinski definition) is 4. The van der Waals surface area contributed by atoms with E-state index in [-0.39, 0.29) is 5.75 Å². The van der Waals surface area contributed by atoms with Gasteiger partial charge in [-0.2, -0.15) is 0 Å². The molecular weight excluding hydrogens is 124 g/mol. The van der Waals surface area contributed by atoms with E-state index in [1.165, 1.54) is 17.4 Å². The third-order valence-electron chi connectivity index (χ3n) is 0.759. The molecule has 0 aliphatic heterocycles. The Hall–Kier alpha value is -0.900. The van der Waals surface area contributed by atoms with Crippen LogP contribution in [0, 0.1) is 0 Å². The van der Waals surface area contributed by atoms with E-state index < -0.39 is 0 Å². The van der Waals surface area contributed by atoms with E-state index in [0.29, 0.717) is 10.0 Å². The molecule has 0 bridgehead atoms. The van der Waals surface area contributed by atoms with E-state index in [4.69, 9.17) is 16.6 Å². The second-order valence-corrected chi connectivity index (χ2v) is 2.51. The predicted molar refractivity (Wildman–Crippen MR) is 34.8 cm³/mol. The third-order valence-corrected chi connectivity index (χ3v) is 1.54. The summed E-state index contributed by atoms with van der Waals surface area (Å²) in [6.07, 6.45) is 0. The van der Waals surface area contributed by atoms with Gasteiger partial charge in [-0.25, -0.2) is 0 Å². The van der Waals surface area contributed by atoms with Gasteiger partial charge in [-0.3, -0.25) is 0 Å². The van der Waals surface area contributed by atoms with E-state index in [0.717, 1.165) is 0 Å². The maximum Gasteiger partial charge on any atom is 0.151 e. The Bertz CT molecular complexity index is 176. The Morgan fingerprint density at radius 1 is 1.50 bits per heavy atom. The molecular formula is C4H6N2OS. The van der Waals surface area contributed by atoms with Crippen molar-refractivity contribution >= 4 is 21.3 Å². The highest BCUT2D eigenvalue weighted by Gasteiger charge is 1.98. The molecule has 8 heavy (non-hydrogen) atoms. The molecule has 0 aromatic carbocycles. The Morgan fingerprint density at radius 2 is 2.12 bits per heavy atom. The van der Waals surface area contributed by atoms with Gasteiger partial charge in [0.2, 0.25) is 0 Å². The van der Waals surface area contributed by atoms with Gasteiger partial charge in [0, 0.05) is 6.07 Å². The molecule has 0 saturated carbocycles. The summed E-state index contributed by atoms with van der Waals surface area (Å²) in [7, 11) is 0. The fraction of sp³-hybridized carbons (Fsp3) is 0. The quantitative estimate of drug-likeness (QED) is 0.482. The van der Waals surface area contributed by atoms with E-state index in [1.54, 1.807) is 0 Å². The zero-order valence-corrected chi connectivity index (χ0v) is 4.90. The molecule has 5 N–H and O–H groups in total. The number of rotatable bonds is 0. The molecule has 0 fully saturated rings. The number of hydrogen-bond donors (Lipinski definition) is 3. The van der Waals surface area contributed by atoms with Crippen LogP contribution in [0.25, 0.3) is 0 Å². The molecule has 3 nitrogen and oxygen atoms in total. The highest BCUT2D eigenvalue weighted by molar-refractivity contribution is 7.20. The molecule has 0 aliphatic rings. The first-order chi connectivity index (χ1) is 3.70. The lowest BCUT2D eigenvalue weighted by molar-refractivity contribution is 0.480. The average Bonchev–Trinajstić information content (AvgIpc) is 1.85. The van der Waals surface area contributed by atoms with Crippen LogP contribution in [0.1, 0.15) is 0 Å². The van der Waals surface area contributed by atoms with Crippen molar-refractivity contribution in [2.75, 3.05) is 11.5 Å². The van der Waals surface area contributed by atoms with Gasteiger partial charge >= 0.3 is 0 Å². The van der Waals surface area contributed by atoms with Crippen molar-refractivity contribution in [1.82, 2.24) is 0 Å². The van der Waals surface area contributed by atoms with Gasteiger partial charge in [0.25, 0.3) is 0 Å². The van der Waals surface area contributed by atoms with Gasteiger partial charge in [-0.15, -0.1) is 0 Å². The molecule has 0 unspecified atom stereocenters. The van der Waals surface area contributed by atoms with Crippen molar-refractivity contribution in [3.8, 4) is 5.75 Å². The molecule has 1 aromatic rings. The molecule has 1 rings (SSSR count). The summed E-state index contributed by atoms with van der Waals surface area (Å²) in [5, 5.41) is 9.66. The summed E-state index contributed by atoms with van der Waals surface area (Å²) >= 11 is 1.17. The maximum absolute atomic E-state index is 8.75. The number of thiophene rings is 1. The van der Waals surface area contributed by atoms with E-state index in [1.807, 2.05) is 0 Å². The van der Waals surface area contributed by atoms with Gasteiger partial charge < -0.3 is 16.6 Å². The minimum Gasteiger partial charge on any atom is -0.505 e. The predicted octanol–water partition coefficient (Wildman–Crippen LogP) is 0.618. The van der Waals surface area contributed by atoms with Crippen LogP contribution in [0.15, 0.2) is 6.07 Å². The van der Waals surface area contributed by atoms with Crippen molar-refractivity contribution in [2.45, 2.75) is 0 Å². The number of nitrogen functional groups attached to an aromatic ring is 2. The molecule has 4 heteroatoms. The van der Waals surface area contributed by atoms with Crippen LogP contribution in [-0.2, 0) is 0 Å². The molecule has 0 atom stereocenters. The molecule has 0 radical (unpaired) electrons. The summed E-state index contributed by atoms with van der Waals surface area (Å²) in [5.74, 6) is 0.0764. The van der Waals surface area contributed by atoms with Crippen LogP contribution in [0.5, 0.6) is 5.75 Å². The Labute approximate surface area is 50.5 Å². The minimum atomic E-state index is 0.0764. The Morgan fingerprint density at radius 3 is 2.25 bits per heavy atom. The lowest BCUT2D eigenvalue weighted by Gasteiger charge is -1.80. The monoisotopic (exact) mass is 130 g/mol. The maximum atomic E-state index is 8.75. The van der Waals surface area contributed by atoms with Crippen LogP contribution in [0.4, 0.5) is 10.0 Å². The first-order valence-electron chi connectivity index (χ1n) is 2.04. The SMILES string of the molecule is Nc1cc(O)c(N)s1. The third kappa shape index (κ3) is 0.696. The van der Waals surface area contributed by atoms with Crippen molar-refractivity contribution in [1.29, 1.82) is 0 Å². The van der Waals surface area contributed by atoms with Crippen LogP contribution < -0.4 is 11.5 Å². The molecule has 0 amide bonds. The summed E-state index contributed by atoms with van der Waals surface area (Å²) in [5.41, 5.74) is 10.5. The lowest BCUT2D eigenvalue weighted by atomic mass is 10.5. The zero-order chi connectivity index (χ0) is 6.15. The largest absolute Gasteiger partial charge is 0.505 e. The fourth-order valence-corrected chi connectivity index (χ4v) is 1.00. The Balaban J connectivity index is 3.14. The number of nitrogens with two attached hydrogens (primary N) is 2. The zero-order valence-electron chi connectivity index (χ0n) is 4.09. The van der Waals surface area contributed by atoms with Gasteiger partial charge in [0.15, 0.2) is 5.75 Å². The smallest absolute Gasteiger partial charge is 0.151 e. The van der Waals surface area contributed by atoms with Crippen molar-refractivity contribution < 1.29 is 5.11 Å². The summed E-state index contributed by atoms with van der Waals surface area (Å²) in [4.78, 5) is 0. The summed E-state index contributed by atoms with van der Waals surface area (Å²) in [6, 6.07) is 1.43. The second-order valence-electron chi connectivity index (χ2n) is 1.40. The second kappa shape index (κ2) is 1.56. The van der Waals surface area contributed by atoms with Crippen molar-refractivity contribution in [3.05, 3.63) is 6.07 Å². The van der Waals surface area contributed by atoms with Gasteiger partial charge in [-0.05, 0) is 0 Å². The van der Waals surface area contributed by atoms with Gasteiger partial charge in [0.1, 0.15) is 5.00 Å². The van der Waals surface area contributed by atoms with Crippen LogP contribution in [0.2, 0.25) is 0 Å². The molecule has 0 aliphatic carbocycles. The number of aromatic hydroxyl groups is 1. The van der Waals surface area contributed by atoms with E-state index in [2.05, 4.69) is 0 Å². The van der Waals surface area contributed by atoms with Crippen LogP contribution in [-0.4, -0.2) is 5.11 Å². The van der Waals surface area contributed by atoms with Crippen LogP contribution in [0.3, 0.4) is 0 Å².